The molecule has 5 heteroatoms. The highest BCUT2D eigenvalue weighted by Gasteiger charge is 2.44. The molecular weight excluding hydrogens is 250 g/mol. The van der Waals surface area contributed by atoms with E-state index in [-0.39, 0.29) is 11.7 Å². The predicted octanol–water partition coefficient (Wildman–Crippen LogP) is 2.40. The van der Waals surface area contributed by atoms with Gasteiger partial charge in [-0.3, -0.25) is 0 Å². The van der Waals surface area contributed by atoms with Crippen LogP contribution in [-0.2, 0) is 20.7 Å². The number of hydrogen-bond donors (Lipinski definition) is 0. The summed E-state index contributed by atoms with van der Waals surface area (Å²) in [4.78, 5) is 0. The molecule has 1 aromatic carbocycles. The fourth-order valence-electron chi connectivity index (χ4n) is 1.92. The van der Waals surface area contributed by atoms with Crippen LogP contribution < -0.4 is 5.46 Å². The van der Waals surface area contributed by atoms with E-state index in [1.807, 2.05) is 39.0 Å². The van der Waals surface area contributed by atoms with Crippen molar-refractivity contribution in [2.75, 3.05) is 7.11 Å². The van der Waals surface area contributed by atoms with Crippen LogP contribution in [-0.4, -0.2) is 25.9 Å². The van der Waals surface area contributed by atoms with Crippen molar-refractivity contribution < 1.29 is 14.0 Å². The second-order valence-corrected chi connectivity index (χ2v) is 5.53. The standard InChI is InChI=1S/C13H18BClO3/c1-9-13(2,3)18-14(17-9)11-7-10(8-16-4)5-6-12(11)15/h5-7,9H,8H2,1-4H3. The lowest BCUT2D eigenvalue weighted by molar-refractivity contribution is 0.0842. The van der Waals surface area contributed by atoms with Crippen LogP contribution in [0.1, 0.15) is 26.3 Å². The molecule has 1 heterocycles. The summed E-state index contributed by atoms with van der Waals surface area (Å²) >= 11 is 6.22. The van der Waals surface area contributed by atoms with Crippen LogP contribution in [0.5, 0.6) is 0 Å². The Morgan fingerprint density at radius 2 is 2.17 bits per heavy atom. The van der Waals surface area contributed by atoms with E-state index >= 15 is 0 Å². The molecule has 3 nitrogen and oxygen atoms in total. The number of methoxy groups -OCH3 is 1. The van der Waals surface area contributed by atoms with Crippen LogP contribution in [0, 0.1) is 0 Å². The van der Waals surface area contributed by atoms with Crippen LogP contribution in [0.25, 0.3) is 0 Å². The van der Waals surface area contributed by atoms with Gasteiger partial charge in [0.25, 0.3) is 0 Å². The molecule has 0 aromatic heterocycles. The Morgan fingerprint density at radius 3 is 2.72 bits per heavy atom. The van der Waals surface area contributed by atoms with E-state index in [2.05, 4.69) is 0 Å². The molecule has 1 unspecified atom stereocenters. The average molecular weight is 269 g/mol. The number of benzene rings is 1. The van der Waals surface area contributed by atoms with Crippen LogP contribution in [0.4, 0.5) is 0 Å². The van der Waals surface area contributed by atoms with E-state index in [0.717, 1.165) is 11.0 Å². The molecule has 0 bridgehead atoms. The van der Waals surface area contributed by atoms with E-state index in [1.165, 1.54) is 0 Å². The molecule has 0 N–H and O–H groups in total. The Morgan fingerprint density at radius 1 is 1.44 bits per heavy atom. The third-order valence-corrected chi connectivity index (χ3v) is 3.69. The fourth-order valence-corrected chi connectivity index (χ4v) is 2.12. The van der Waals surface area contributed by atoms with Gasteiger partial charge in [0.05, 0.1) is 18.3 Å². The summed E-state index contributed by atoms with van der Waals surface area (Å²) in [6.07, 6.45) is 0.0321. The molecule has 18 heavy (non-hydrogen) atoms. The Labute approximate surface area is 114 Å². The van der Waals surface area contributed by atoms with Gasteiger partial charge in [-0.2, -0.15) is 0 Å². The number of hydrogen-bond acceptors (Lipinski definition) is 3. The molecule has 1 fully saturated rings. The van der Waals surface area contributed by atoms with E-state index in [0.29, 0.717) is 11.6 Å². The first-order valence-electron chi connectivity index (χ1n) is 6.04. The third-order valence-electron chi connectivity index (χ3n) is 3.34. The summed E-state index contributed by atoms with van der Waals surface area (Å²) in [5, 5.41) is 0.657. The first kappa shape index (κ1) is 13.9. The Kier molecular flexibility index (Phi) is 4.02. The smallest absolute Gasteiger partial charge is 0.402 e. The molecule has 0 radical (unpaired) electrons. The normalized spacial score (nSPS) is 22.5. The summed E-state index contributed by atoms with van der Waals surface area (Å²) in [7, 11) is 1.27. The Balaban J connectivity index is 2.26. The summed E-state index contributed by atoms with van der Waals surface area (Å²) in [5.41, 5.74) is 1.62. The molecule has 98 valence electrons. The molecule has 0 amide bonds. The second-order valence-electron chi connectivity index (χ2n) is 5.12. The molecule has 1 aliphatic heterocycles. The predicted molar refractivity (Wildman–Crippen MR) is 73.3 cm³/mol. The van der Waals surface area contributed by atoms with Gasteiger partial charge in [0, 0.05) is 17.6 Å². The Bertz CT molecular complexity index is 436. The number of halogens is 1. The van der Waals surface area contributed by atoms with Crippen molar-refractivity contribution >= 4 is 24.2 Å². The molecule has 0 saturated carbocycles. The maximum atomic E-state index is 6.22. The van der Waals surface area contributed by atoms with Gasteiger partial charge in [0.15, 0.2) is 0 Å². The molecule has 1 saturated heterocycles. The van der Waals surface area contributed by atoms with Crippen molar-refractivity contribution in [3.8, 4) is 0 Å². The lowest BCUT2D eigenvalue weighted by atomic mass is 9.78. The number of ether oxygens (including phenoxy) is 1. The quantitative estimate of drug-likeness (QED) is 0.788. The second kappa shape index (κ2) is 5.21. The van der Waals surface area contributed by atoms with Gasteiger partial charge in [-0.25, -0.2) is 0 Å². The molecular formula is C13H18BClO3. The number of rotatable bonds is 3. The Hall–Kier alpha value is -0.545. The lowest BCUT2D eigenvalue weighted by Crippen LogP contribution is -2.35. The summed E-state index contributed by atoms with van der Waals surface area (Å²) < 4.78 is 16.9. The minimum Gasteiger partial charge on any atom is -0.402 e. The van der Waals surface area contributed by atoms with E-state index in [1.54, 1.807) is 7.11 Å². The summed E-state index contributed by atoms with van der Waals surface area (Å²) in [6.45, 7) is 6.60. The molecule has 1 aromatic rings. The zero-order chi connectivity index (χ0) is 13.3. The maximum absolute atomic E-state index is 6.22. The highest BCUT2D eigenvalue weighted by molar-refractivity contribution is 6.65. The van der Waals surface area contributed by atoms with Crippen LogP contribution >= 0.6 is 11.6 Å². The zero-order valence-electron chi connectivity index (χ0n) is 11.2. The van der Waals surface area contributed by atoms with Crippen LogP contribution in [0.3, 0.4) is 0 Å². The minimum atomic E-state index is -0.403. The van der Waals surface area contributed by atoms with Gasteiger partial charge in [0.1, 0.15) is 0 Å². The monoisotopic (exact) mass is 268 g/mol. The van der Waals surface area contributed by atoms with Crippen molar-refractivity contribution in [1.82, 2.24) is 0 Å². The summed E-state index contributed by atoms with van der Waals surface area (Å²) in [5.74, 6) is 0. The summed E-state index contributed by atoms with van der Waals surface area (Å²) in [6, 6.07) is 5.78. The van der Waals surface area contributed by atoms with E-state index in [4.69, 9.17) is 25.6 Å². The largest absolute Gasteiger partial charge is 0.496 e. The van der Waals surface area contributed by atoms with Crippen LogP contribution in [0.15, 0.2) is 18.2 Å². The molecule has 0 spiro atoms. The third kappa shape index (κ3) is 2.72. The van der Waals surface area contributed by atoms with Crippen molar-refractivity contribution in [3.05, 3.63) is 28.8 Å². The fraction of sp³-hybridized carbons (Fsp3) is 0.538. The SMILES string of the molecule is COCc1ccc(Cl)c(B2OC(C)C(C)(C)O2)c1. The van der Waals surface area contributed by atoms with Crippen molar-refractivity contribution in [2.24, 2.45) is 0 Å². The first-order chi connectivity index (χ1) is 8.44. The van der Waals surface area contributed by atoms with Crippen molar-refractivity contribution in [2.45, 2.75) is 39.1 Å². The zero-order valence-corrected chi connectivity index (χ0v) is 12.0. The van der Waals surface area contributed by atoms with E-state index < -0.39 is 7.12 Å². The van der Waals surface area contributed by atoms with Gasteiger partial charge in [-0.1, -0.05) is 23.7 Å². The van der Waals surface area contributed by atoms with Gasteiger partial charge in [-0.15, -0.1) is 0 Å². The minimum absolute atomic E-state index is 0.0321. The molecule has 1 atom stereocenters. The van der Waals surface area contributed by atoms with Gasteiger partial charge < -0.3 is 14.0 Å². The van der Waals surface area contributed by atoms with E-state index in [9.17, 15) is 0 Å². The molecule has 0 aliphatic carbocycles. The van der Waals surface area contributed by atoms with Crippen LogP contribution in [0.2, 0.25) is 5.02 Å². The van der Waals surface area contributed by atoms with Gasteiger partial charge >= 0.3 is 7.12 Å². The van der Waals surface area contributed by atoms with Gasteiger partial charge in [0.2, 0.25) is 0 Å². The highest BCUT2D eigenvalue weighted by atomic mass is 35.5. The topological polar surface area (TPSA) is 27.7 Å². The maximum Gasteiger partial charge on any atom is 0.496 e. The van der Waals surface area contributed by atoms with Crippen molar-refractivity contribution in [1.29, 1.82) is 0 Å². The lowest BCUT2D eigenvalue weighted by Gasteiger charge is -2.21. The molecule has 2 rings (SSSR count). The highest BCUT2D eigenvalue weighted by Crippen LogP contribution is 2.28. The van der Waals surface area contributed by atoms with Crippen molar-refractivity contribution in [3.63, 3.8) is 0 Å². The molecule has 1 aliphatic rings. The van der Waals surface area contributed by atoms with Gasteiger partial charge in [-0.05, 0) is 32.4 Å². The first-order valence-corrected chi connectivity index (χ1v) is 6.42. The average Bonchev–Trinajstić information content (AvgIpc) is 2.56.